The van der Waals surface area contributed by atoms with Crippen LogP contribution in [-0.4, -0.2) is 90.5 Å². The maximum atomic E-state index is 12.2. The van der Waals surface area contributed by atoms with E-state index in [1.165, 1.54) is 0 Å². The van der Waals surface area contributed by atoms with Crippen LogP contribution in [0.4, 0.5) is 10.5 Å². The highest BCUT2D eigenvalue weighted by Gasteiger charge is 2.23. The smallest absolute Gasteiger partial charge is 0.317 e. The molecule has 1 aromatic rings. The van der Waals surface area contributed by atoms with Crippen molar-refractivity contribution in [3.63, 3.8) is 0 Å². The fourth-order valence-corrected chi connectivity index (χ4v) is 2.92. The first-order chi connectivity index (χ1) is 12.5. The van der Waals surface area contributed by atoms with E-state index in [0.29, 0.717) is 36.9 Å². The van der Waals surface area contributed by atoms with Gasteiger partial charge in [-0.25, -0.2) is 4.79 Å². The van der Waals surface area contributed by atoms with Gasteiger partial charge in [-0.15, -0.1) is 24.8 Å². The Labute approximate surface area is 179 Å². The molecule has 1 aromatic carbocycles. The van der Waals surface area contributed by atoms with Crippen molar-refractivity contribution in [2.45, 2.75) is 0 Å². The zero-order valence-corrected chi connectivity index (χ0v) is 18.8. The molecule has 162 valence electrons. The lowest BCUT2D eigenvalue weighted by atomic mass is 10.2. The summed E-state index contributed by atoms with van der Waals surface area (Å²) in [6.07, 6.45) is 0. The lowest BCUT2D eigenvalue weighted by Gasteiger charge is -2.36. The van der Waals surface area contributed by atoms with Crippen LogP contribution in [0.5, 0.6) is 17.2 Å². The van der Waals surface area contributed by atoms with Gasteiger partial charge in [0.25, 0.3) is 0 Å². The van der Waals surface area contributed by atoms with Gasteiger partial charge in [-0.3, -0.25) is 0 Å². The molecule has 0 bridgehead atoms. The number of amides is 2. The van der Waals surface area contributed by atoms with Gasteiger partial charge < -0.3 is 34.2 Å². The first-order valence-electron chi connectivity index (χ1n) is 8.72. The Kier molecular flexibility index (Phi) is 11.8. The zero-order chi connectivity index (χ0) is 19.1. The number of methoxy groups -OCH3 is 3. The van der Waals surface area contributed by atoms with Gasteiger partial charge in [-0.05, 0) is 14.1 Å². The predicted octanol–water partition coefficient (Wildman–Crippen LogP) is 1.95. The normalized spacial score (nSPS) is 13.4. The minimum atomic E-state index is -0.00334. The Morgan fingerprint density at radius 2 is 1.54 bits per heavy atom. The van der Waals surface area contributed by atoms with Crippen molar-refractivity contribution < 1.29 is 19.0 Å². The predicted molar refractivity (Wildman–Crippen MR) is 116 cm³/mol. The third-order valence-electron chi connectivity index (χ3n) is 4.42. The van der Waals surface area contributed by atoms with E-state index in [0.717, 1.165) is 25.3 Å². The number of urea groups is 1. The maximum absolute atomic E-state index is 12.2. The molecule has 1 N–H and O–H groups in total. The Morgan fingerprint density at radius 3 is 1.96 bits per heavy atom. The summed E-state index contributed by atoms with van der Waals surface area (Å²) in [7, 11) is 8.78. The van der Waals surface area contributed by atoms with Crippen LogP contribution >= 0.6 is 24.8 Å². The summed E-state index contributed by atoms with van der Waals surface area (Å²) in [6.45, 7) is 4.32. The highest BCUT2D eigenvalue weighted by molar-refractivity contribution is 5.85. The number of anilines is 1. The molecule has 0 aromatic heterocycles. The van der Waals surface area contributed by atoms with E-state index in [1.54, 1.807) is 21.3 Å². The fourth-order valence-electron chi connectivity index (χ4n) is 2.92. The third-order valence-corrected chi connectivity index (χ3v) is 4.42. The van der Waals surface area contributed by atoms with Crippen LogP contribution in [0.15, 0.2) is 12.1 Å². The molecule has 1 aliphatic heterocycles. The largest absolute Gasteiger partial charge is 0.493 e. The Hall–Kier alpha value is -1.77. The van der Waals surface area contributed by atoms with Gasteiger partial charge in [-0.1, -0.05) is 0 Å². The van der Waals surface area contributed by atoms with Crippen molar-refractivity contribution in [3.8, 4) is 17.2 Å². The van der Waals surface area contributed by atoms with E-state index >= 15 is 0 Å². The lowest BCUT2D eigenvalue weighted by Crippen LogP contribution is -2.52. The summed E-state index contributed by atoms with van der Waals surface area (Å²) in [5.41, 5.74) is 0.993. The van der Waals surface area contributed by atoms with Gasteiger partial charge in [-0.2, -0.15) is 0 Å². The van der Waals surface area contributed by atoms with Gasteiger partial charge in [0, 0.05) is 57.1 Å². The van der Waals surface area contributed by atoms with E-state index < -0.39 is 0 Å². The van der Waals surface area contributed by atoms with Crippen molar-refractivity contribution in [2.75, 3.05) is 79.6 Å². The van der Waals surface area contributed by atoms with Crippen LogP contribution in [-0.2, 0) is 0 Å². The van der Waals surface area contributed by atoms with Crippen LogP contribution in [0.25, 0.3) is 0 Å². The highest BCUT2D eigenvalue weighted by Crippen LogP contribution is 2.41. The summed E-state index contributed by atoms with van der Waals surface area (Å²) in [4.78, 5) is 18.3. The molecule has 0 radical (unpaired) electrons. The summed E-state index contributed by atoms with van der Waals surface area (Å²) >= 11 is 0. The van der Waals surface area contributed by atoms with E-state index in [1.807, 2.05) is 36.0 Å². The zero-order valence-electron chi connectivity index (χ0n) is 17.2. The number of nitrogens with one attached hydrogen (secondary N) is 1. The summed E-state index contributed by atoms with van der Waals surface area (Å²) in [5, 5.41) is 2.96. The monoisotopic (exact) mass is 438 g/mol. The number of likely N-dealkylation sites (N-methyl/N-ethyl adjacent to an activating group) is 1. The number of carbonyl (C=O) groups excluding carboxylic acids is 1. The fraction of sp³-hybridized carbons (Fsp3) is 0.611. The Bertz CT molecular complexity index is 586. The lowest BCUT2D eigenvalue weighted by molar-refractivity contribution is 0.193. The van der Waals surface area contributed by atoms with Crippen LogP contribution in [0, 0.1) is 0 Å². The van der Waals surface area contributed by atoms with Crippen molar-refractivity contribution >= 4 is 36.5 Å². The number of benzene rings is 1. The van der Waals surface area contributed by atoms with Crippen molar-refractivity contribution in [1.82, 2.24) is 15.1 Å². The molecule has 0 spiro atoms. The molecular formula is C18H32Cl2N4O4. The summed E-state index contributed by atoms with van der Waals surface area (Å²) in [6, 6.07) is 3.87. The van der Waals surface area contributed by atoms with Crippen LogP contribution in [0.2, 0.25) is 0 Å². The number of hydrogen-bond acceptors (Lipinski definition) is 6. The quantitative estimate of drug-likeness (QED) is 0.701. The minimum absolute atomic E-state index is 0. The van der Waals surface area contributed by atoms with Crippen molar-refractivity contribution in [3.05, 3.63) is 12.1 Å². The standard InChI is InChI=1S/C18H30N4O4.2ClH/c1-20(2)7-6-19-18(23)22-10-8-21(9-11-22)14-12-15(24-3)17(26-5)16(13-14)25-4;;/h12-13H,6-11H2,1-5H3,(H,19,23);2*1H. The highest BCUT2D eigenvalue weighted by atomic mass is 35.5. The summed E-state index contributed by atoms with van der Waals surface area (Å²) in [5.74, 6) is 1.84. The molecule has 1 aliphatic rings. The third kappa shape index (κ3) is 6.68. The Balaban J connectivity index is 0.00000364. The van der Waals surface area contributed by atoms with Crippen molar-refractivity contribution in [2.24, 2.45) is 0 Å². The van der Waals surface area contributed by atoms with E-state index in [9.17, 15) is 4.79 Å². The minimum Gasteiger partial charge on any atom is -0.493 e. The van der Waals surface area contributed by atoms with Gasteiger partial charge in [0.05, 0.1) is 21.3 Å². The number of hydrogen-bond donors (Lipinski definition) is 1. The van der Waals surface area contributed by atoms with Crippen LogP contribution in [0.1, 0.15) is 0 Å². The molecule has 2 amide bonds. The van der Waals surface area contributed by atoms with Gasteiger partial charge >= 0.3 is 6.03 Å². The molecule has 10 heteroatoms. The molecular weight excluding hydrogens is 407 g/mol. The second kappa shape index (κ2) is 12.6. The first kappa shape index (κ1) is 26.2. The number of nitrogens with zero attached hydrogens (tertiary/aromatic N) is 3. The molecule has 0 unspecified atom stereocenters. The molecule has 1 fully saturated rings. The van der Waals surface area contributed by atoms with E-state index in [2.05, 4.69) is 10.2 Å². The molecule has 0 atom stereocenters. The summed E-state index contributed by atoms with van der Waals surface area (Å²) < 4.78 is 16.2. The van der Waals surface area contributed by atoms with Crippen molar-refractivity contribution in [1.29, 1.82) is 0 Å². The van der Waals surface area contributed by atoms with E-state index in [4.69, 9.17) is 14.2 Å². The number of piperazine rings is 1. The average molecular weight is 439 g/mol. The molecule has 0 saturated carbocycles. The first-order valence-corrected chi connectivity index (χ1v) is 8.72. The van der Waals surface area contributed by atoms with Gasteiger partial charge in [0.15, 0.2) is 11.5 Å². The van der Waals surface area contributed by atoms with Crippen LogP contribution in [0.3, 0.4) is 0 Å². The molecule has 8 nitrogen and oxygen atoms in total. The van der Waals surface area contributed by atoms with Crippen LogP contribution < -0.4 is 24.4 Å². The SMILES string of the molecule is COc1cc(N2CCN(C(=O)NCCN(C)C)CC2)cc(OC)c1OC.Cl.Cl. The number of rotatable bonds is 7. The van der Waals surface area contributed by atoms with Gasteiger partial charge in [0.1, 0.15) is 0 Å². The van der Waals surface area contributed by atoms with E-state index in [-0.39, 0.29) is 30.8 Å². The second-order valence-corrected chi connectivity index (χ2v) is 6.39. The topological polar surface area (TPSA) is 66.5 Å². The molecule has 2 rings (SSSR count). The molecule has 1 heterocycles. The number of halogens is 2. The average Bonchev–Trinajstić information content (AvgIpc) is 2.66. The van der Waals surface area contributed by atoms with Gasteiger partial charge in [0.2, 0.25) is 5.75 Å². The number of ether oxygens (including phenoxy) is 3. The molecule has 1 saturated heterocycles. The second-order valence-electron chi connectivity index (χ2n) is 6.39. The maximum Gasteiger partial charge on any atom is 0.317 e. The Morgan fingerprint density at radius 1 is 1.00 bits per heavy atom. The molecule has 0 aliphatic carbocycles. The molecule has 28 heavy (non-hydrogen) atoms. The number of carbonyl (C=O) groups is 1.